The van der Waals surface area contributed by atoms with Crippen LogP contribution in [0.2, 0.25) is 0 Å². The molecule has 4 rings (SSSR count). The van der Waals surface area contributed by atoms with E-state index >= 15 is 0 Å². The Labute approximate surface area is 247 Å². The molecule has 11 heteroatoms. The van der Waals surface area contributed by atoms with E-state index in [1.807, 2.05) is 36.7 Å². The lowest BCUT2D eigenvalue weighted by molar-refractivity contribution is -0.158. The fraction of sp³-hybridized carbons (Fsp3) is 0.581. The number of amides is 1. The predicted octanol–water partition coefficient (Wildman–Crippen LogP) is 3.58. The summed E-state index contributed by atoms with van der Waals surface area (Å²) in [6.07, 6.45) is 3.19. The van der Waals surface area contributed by atoms with Crippen molar-refractivity contribution in [3.8, 4) is 5.69 Å². The van der Waals surface area contributed by atoms with Gasteiger partial charge in [-0.25, -0.2) is 4.68 Å². The van der Waals surface area contributed by atoms with Gasteiger partial charge in [0.1, 0.15) is 12.2 Å². The van der Waals surface area contributed by atoms with Gasteiger partial charge in [-0.15, -0.1) is 0 Å². The van der Waals surface area contributed by atoms with Gasteiger partial charge >= 0.3 is 11.9 Å². The summed E-state index contributed by atoms with van der Waals surface area (Å²) in [7, 11) is 3.70. The fourth-order valence-corrected chi connectivity index (χ4v) is 6.10. The highest BCUT2D eigenvalue weighted by Crippen LogP contribution is 2.37. The van der Waals surface area contributed by atoms with Crippen molar-refractivity contribution in [2.45, 2.75) is 90.9 Å². The summed E-state index contributed by atoms with van der Waals surface area (Å²) in [6, 6.07) is 5.41. The number of nitrogens with one attached hydrogen (secondary N) is 1. The van der Waals surface area contributed by atoms with E-state index in [1.165, 1.54) is 6.92 Å². The molecule has 0 bridgehead atoms. The van der Waals surface area contributed by atoms with Crippen LogP contribution in [0.1, 0.15) is 91.4 Å². The number of esters is 2. The summed E-state index contributed by atoms with van der Waals surface area (Å²) in [5, 5.41) is 8.19. The van der Waals surface area contributed by atoms with Crippen LogP contribution in [0, 0.1) is 12.3 Å². The quantitative estimate of drug-likeness (QED) is 0.402. The molecule has 1 atom stereocenters. The van der Waals surface area contributed by atoms with E-state index < -0.39 is 18.0 Å². The lowest BCUT2D eigenvalue weighted by Crippen LogP contribution is -2.35. The third kappa shape index (κ3) is 7.56. The Balaban J connectivity index is 1.43. The number of carbonyl (C=O) groups excluding carboxylic acids is 4. The first-order valence-corrected chi connectivity index (χ1v) is 14.6. The number of nitrogens with two attached hydrogens (primary N) is 1. The molecule has 228 valence electrons. The highest BCUT2D eigenvalue weighted by molar-refractivity contribution is 6.00. The summed E-state index contributed by atoms with van der Waals surface area (Å²) < 4.78 is 12.8. The number of hydrogen-bond acceptors (Lipinski definition) is 9. The van der Waals surface area contributed by atoms with Crippen molar-refractivity contribution in [3.63, 3.8) is 0 Å². The van der Waals surface area contributed by atoms with E-state index in [0.29, 0.717) is 48.3 Å². The van der Waals surface area contributed by atoms with Gasteiger partial charge in [0.2, 0.25) is 0 Å². The summed E-state index contributed by atoms with van der Waals surface area (Å²) in [4.78, 5) is 51.0. The van der Waals surface area contributed by atoms with Crippen LogP contribution in [0.3, 0.4) is 0 Å². The lowest BCUT2D eigenvalue weighted by Gasteiger charge is -2.31. The molecule has 2 aromatic rings. The third-order valence-electron chi connectivity index (χ3n) is 7.86. The Morgan fingerprint density at radius 3 is 2.48 bits per heavy atom. The molecular formula is C31H43N5O6. The number of likely N-dealkylation sites (N-methyl/N-ethyl adjacent to an activating group) is 1. The van der Waals surface area contributed by atoms with Gasteiger partial charge < -0.3 is 25.4 Å². The zero-order valence-electron chi connectivity index (χ0n) is 25.5. The second-order valence-corrected chi connectivity index (χ2v) is 12.7. The topological polar surface area (TPSA) is 146 Å². The molecule has 0 spiro atoms. The number of anilines is 1. The maximum atomic E-state index is 12.9. The highest BCUT2D eigenvalue weighted by atomic mass is 16.6. The third-order valence-corrected chi connectivity index (χ3v) is 7.86. The Morgan fingerprint density at radius 2 is 1.86 bits per heavy atom. The maximum absolute atomic E-state index is 12.9. The number of rotatable bonds is 10. The van der Waals surface area contributed by atoms with Crippen LogP contribution < -0.4 is 11.1 Å². The summed E-state index contributed by atoms with van der Waals surface area (Å²) >= 11 is 0. The number of hydrogen-bond donors (Lipinski definition) is 2. The minimum atomic E-state index is -0.559. The first kappa shape index (κ1) is 31.2. The number of Topliss-reactive ketones (excluding diaryl/α,β-unsaturated/α-hetero) is 1. The second-order valence-electron chi connectivity index (χ2n) is 12.7. The van der Waals surface area contributed by atoms with Crippen molar-refractivity contribution in [1.29, 1.82) is 0 Å². The monoisotopic (exact) mass is 581 g/mol. The summed E-state index contributed by atoms with van der Waals surface area (Å²) in [5.41, 5.74) is 9.56. The molecule has 1 aromatic heterocycles. The fourth-order valence-electron chi connectivity index (χ4n) is 6.10. The number of benzene rings is 1. The highest BCUT2D eigenvalue weighted by Gasteiger charge is 2.36. The maximum Gasteiger partial charge on any atom is 0.309 e. The number of ketones is 1. The molecule has 0 aliphatic heterocycles. The number of nitrogens with zero attached hydrogens (tertiary/aromatic N) is 3. The van der Waals surface area contributed by atoms with Gasteiger partial charge in [-0.2, -0.15) is 5.10 Å². The lowest BCUT2D eigenvalue weighted by atomic mass is 9.75. The number of ether oxygens (including phenoxy) is 2. The van der Waals surface area contributed by atoms with Crippen molar-refractivity contribution in [1.82, 2.24) is 14.7 Å². The normalized spacial score (nSPS) is 20.5. The Kier molecular flexibility index (Phi) is 9.40. The van der Waals surface area contributed by atoms with Crippen molar-refractivity contribution >= 4 is 29.3 Å². The van der Waals surface area contributed by atoms with Crippen LogP contribution in [0.4, 0.5) is 5.69 Å². The zero-order chi connectivity index (χ0) is 30.8. The standard InChI is InChI=1S/C31H43N5O6/c1-18-29-26(15-31(3,4)16-27(29)38)36(34-18)21-9-12-24(30(32)40)25(13-21)33-20-7-10-22(11-8-20)42-28(39)14-23(17-35(5)6)41-19(2)37/h9,12-13,20,22-23,33H,7-8,10-11,14-17H2,1-6H3,(H2,32,40). The van der Waals surface area contributed by atoms with Gasteiger partial charge in [-0.3, -0.25) is 19.2 Å². The van der Waals surface area contributed by atoms with Crippen LogP contribution in [-0.4, -0.2) is 77.2 Å². The average molecular weight is 582 g/mol. The molecule has 1 fully saturated rings. The summed E-state index contributed by atoms with van der Waals surface area (Å²) in [5.74, 6) is -1.25. The van der Waals surface area contributed by atoms with Gasteiger partial charge in [0, 0.05) is 31.6 Å². The first-order valence-electron chi connectivity index (χ1n) is 14.6. The molecule has 11 nitrogen and oxygen atoms in total. The molecule has 2 aliphatic rings. The predicted molar refractivity (Wildman–Crippen MR) is 158 cm³/mol. The van der Waals surface area contributed by atoms with Crippen molar-refractivity contribution in [2.24, 2.45) is 11.1 Å². The molecule has 1 heterocycles. The molecular weight excluding hydrogens is 538 g/mol. The minimum Gasteiger partial charge on any atom is -0.462 e. The number of aromatic nitrogens is 2. The molecule has 1 unspecified atom stereocenters. The smallest absolute Gasteiger partial charge is 0.309 e. The van der Waals surface area contributed by atoms with E-state index in [2.05, 4.69) is 19.2 Å². The number of aryl methyl sites for hydroxylation is 1. The van der Waals surface area contributed by atoms with Gasteiger partial charge in [-0.05, 0) is 76.7 Å². The average Bonchev–Trinajstić information content (AvgIpc) is 3.19. The molecule has 0 radical (unpaired) electrons. The molecule has 3 N–H and O–H groups in total. The Hall–Kier alpha value is -3.73. The zero-order valence-corrected chi connectivity index (χ0v) is 25.5. The molecule has 1 aromatic carbocycles. The molecule has 42 heavy (non-hydrogen) atoms. The van der Waals surface area contributed by atoms with E-state index in [0.717, 1.165) is 30.6 Å². The van der Waals surface area contributed by atoms with E-state index in [1.54, 1.807) is 12.1 Å². The van der Waals surface area contributed by atoms with E-state index in [-0.39, 0.29) is 35.7 Å². The Bertz CT molecular complexity index is 1360. The van der Waals surface area contributed by atoms with Gasteiger partial charge in [0.15, 0.2) is 5.78 Å². The summed E-state index contributed by atoms with van der Waals surface area (Å²) in [6.45, 7) is 7.78. The van der Waals surface area contributed by atoms with Crippen LogP contribution in [0.5, 0.6) is 0 Å². The molecule has 1 saturated carbocycles. The van der Waals surface area contributed by atoms with Crippen LogP contribution in [-0.2, 0) is 25.5 Å². The number of carbonyl (C=O) groups is 4. The van der Waals surface area contributed by atoms with Crippen molar-refractivity contribution in [3.05, 3.63) is 40.7 Å². The van der Waals surface area contributed by atoms with Crippen molar-refractivity contribution < 1.29 is 28.7 Å². The van der Waals surface area contributed by atoms with Crippen LogP contribution in [0.25, 0.3) is 5.69 Å². The van der Waals surface area contributed by atoms with Crippen LogP contribution in [0.15, 0.2) is 18.2 Å². The van der Waals surface area contributed by atoms with Gasteiger partial charge in [0.25, 0.3) is 5.91 Å². The number of primary amides is 1. The first-order chi connectivity index (χ1) is 19.7. The van der Waals surface area contributed by atoms with E-state index in [4.69, 9.17) is 20.3 Å². The largest absolute Gasteiger partial charge is 0.462 e. The number of fused-ring (bicyclic) bond motifs is 1. The van der Waals surface area contributed by atoms with Gasteiger partial charge in [0.05, 0.1) is 34.6 Å². The molecule has 0 saturated heterocycles. The Morgan fingerprint density at radius 1 is 1.17 bits per heavy atom. The molecule has 1 amide bonds. The van der Waals surface area contributed by atoms with E-state index in [9.17, 15) is 19.2 Å². The SMILES string of the molecule is CC(=O)OC(CC(=O)OC1CCC(Nc2cc(-n3nc(C)c4c3CC(C)(C)CC4=O)ccc2C(N)=O)CC1)CN(C)C. The minimum absolute atomic E-state index is 0.00405. The molecule has 2 aliphatic carbocycles. The van der Waals surface area contributed by atoms with Gasteiger partial charge in [-0.1, -0.05) is 13.8 Å². The van der Waals surface area contributed by atoms with Crippen molar-refractivity contribution in [2.75, 3.05) is 26.0 Å². The second kappa shape index (κ2) is 12.6. The van der Waals surface area contributed by atoms with Crippen LogP contribution >= 0.6 is 0 Å².